The van der Waals surface area contributed by atoms with Crippen molar-refractivity contribution in [3.8, 4) is 0 Å². The van der Waals surface area contributed by atoms with Crippen LogP contribution in [0.1, 0.15) is 38.5 Å². The van der Waals surface area contributed by atoms with E-state index in [0.717, 1.165) is 25.7 Å². The molecule has 0 unspecified atom stereocenters. The SMILES string of the molecule is O=C(O)C1=NN(CCCCCCO)C(=O)CC1. The van der Waals surface area contributed by atoms with E-state index in [1.807, 2.05) is 0 Å². The Labute approximate surface area is 99.9 Å². The summed E-state index contributed by atoms with van der Waals surface area (Å²) in [5.74, 6) is -1.17. The van der Waals surface area contributed by atoms with Crippen LogP contribution in [0.25, 0.3) is 0 Å². The molecule has 1 amide bonds. The maximum absolute atomic E-state index is 11.5. The van der Waals surface area contributed by atoms with Crippen LogP contribution in [0, 0.1) is 0 Å². The van der Waals surface area contributed by atoms with Gasteiger partial charge in [0.2, 0.25) is 5.91 Å². The van der Waals surface area contributed by atoms with Crippen molar-refractivity contribution in [3.05, 3.63) is 0 Å². The molecule has 0 saturated carbocycles. The smallest absolute Gasteiger partial charge is 0.352 e. The number of carbonyl (C=O) groups excluding carboxylic acids is 1. The Hall–Kier alpha value is -1.43. The molecule has 0 fully saturated rings. The number of carboxylic acid groups (broad SMARTS) is 1. The number of nitrogens with zero attached hydrogens (tertiary/aromatic N) is 2. The van der Waals surface area contributed by atoms with Gasteiger partial charge in [0.15, 0.2) is 0 Å². The summed E-state index contributed by atoms with van der Waals surface area (Å²) in [7, 11) is 0. The molecule has 17 heavy (non-hydrogen) atoms. The lowest BCUT2D eigenvalue weighted by atomic mass is 10.1. The van der Waals surface area contributed by atoms with E-state index in [0.29, 0.717) is 6.54 Å². The molecular weight excluding hydrogens is 224 g/mol. The van der Waals surface area contributed by atoms with Crippen LogP contribution in [0.4, 0.5) is 0 Å². The molecule has 96 valence electrons. The molecule has 6 heteroatoms. The number of hydrazone groups is 1. The standard InChI is InChI=1S/C11H18N2O4/c14-8-4-2-1-3-7-13-10(15)6-5-9(12-13)11(16)17/h14H,1-8H2,(H,16,17). The van der Waals surface area contributed by atoms with E-state index < -0.39 is 5.97 Å². The lowest BCUT2D eigenvalue weighted by molar-refractivity contribution is -0.132. The van der Waals surface area contributed by atoms with Crippen LogP contribution >= 0.6 is 0 Å². The van der Waals surface area contributed by atoms with Gasteiger partial charge in [-0.25, -0.2) is 9.80 Å². The zero-order valence-electron chi connectivity index (χ0n) is 9.76. The number of aliphatic hydroxyl groups is 1. The zero-order chi connectivity index (χ0) is 12.7. The first-order valence-electron chi connectivity index (χ1n) is 5.87. The third-order valence-corrected chi connectivity index (χ3v) is 2.63. The Morgan fingerprint density at radius 1 is 1.24 bits per heavy atom. The quantitative estimate of drug-likeness (QED) is 0.640. The average Bonchev–Trinajstić information content (AvgIpc) is 2.30. The van der Waals surface area contributed by atoms with Gasteiger partial charge in [-0.3, -0.25) is 4.79 Å². The molecule has 2 N–H and O–H groups in total. The van der Waals surface area contributed by atoms with E-state index in [-0.39, 0.29) is 31.1 Å². The first-order chi connectivity index (χ1) is 8.15. The van der Waals surface area contributed by atoms with Crippen LogP contribution in [0.15, 0.2) is 5.10 Å². The fraction of sp³-hybridized carbons (Fsp3) is 0.727. The number of carboxylic acids is 1. The Morgan fingerprint density at radius 3 is 2.59 bits per heavy atom. The minimum Gasteiger partial charge on any atom is -0.477 e. The molecule has 0 aromatic heterocycles. The molecule has 0 bridgehead atoms. The van der Waals surface area contributed by atoms with Crippen molar-refractivity contribution in [2.24, 2.45) is 5.10 Å². The molecule has 0 aromatic rings. The molecule has 6 nitrogen and oxygen atoms in total. The predicted molar refractivity (Wildman–Crippen MR) is 61.6 cm³/mol. The summed E-state index contributed by atoms with van der Waals surface area (Å²) in [6.07, 6.45) is 3.80. The summed E-state index contributed by atoms with van der Waals surface area (Å²) in [5.41, 5.74) is 0.0555. The first-order valence-corrected chi connectivity index (χ1v) is 5.87. The van der Waals surface area contributed by atoms with E-state index in [9.17, 15) is 9.59 Å². The van der Waals surface area contributed by atoms with Crippen LogP contribution in [-0.4, -0.2) is 46.0 Å². The van der Waals surface area contributed by atoms with Crippen molar-refractivity contribution in [1.29, 1.82) is 0 Å². The number of hydrogen-bond donors (Lipinski definition) is 2. The number of aliphatic carboxylic acids is 1. The van der Waals surface area contributed by atoms with Crippen LogP contribution in [0.3, 0.4) is 0 Å². The van der Waals surface area contributed by atoms with E-state index in [2.05, 4.69) is 5.10 Å². The largest absolute Gasteiger partial charge is 0.477 e. The molecule has 0 saturated heterocycles. The van der Waals surface area contributed by atoms with Crippen molar-refractivity contribution in [2.75, 3.05) is 13.2 Å². The predicted octanol–water partition coefficient (Wildman–Crippen LogP) is 0.602. The molecule has 0 aromatic carbocycles. The number of amides is 1. The lowest BCUT2D eigenvalue weighted by Crippen LogP contribution is -2.34. The third-order valence-electron chi connectivity index (χ3n) is 2.63. The topological polar surface area (TPSA) is 90.2 Å². The summed E-state index contributed by atoms with van der Waals surface area (Å²) >= 11 is 0. The van der Waals surface area contributed by atoms with Crippen LogP contribution in [-0.2, 0) is 9.59 Å². The van der Waals surface area contributed by atoms with Gasteiger partial charge in [-0.2, -0.15) is 5.10 Å². The first kappa shape index (κ1) is 13.6. The van der Waals surface area contributed by atoms with Crippen molar-refractivity contribution in [2.45, 2.75) is 38.5 Å². The van der Waals surface area contributed by atoms with E-state index >= 15 is 0 Å². The van der Waals surface area contributed by atoms with Gasteiger partial charge in [-0.05, 0) is 12.8 Å². The van der Waals surface area contributed by atoms with Gasteiger partial charge in [-0.15, -0.1) is 0 Å². The maximum atomic E-state index is 11.5. The van der Waals surface area contributed by atoms with Gasteiger partial charge < -0.3 is 10.2 Å². The second-order valence-electron chi connectivity index (χ2n) is 4.01. The minimum absolute atomic E-state index is 0.0555. The molecule has 1 aliphatic heterocycles. The Balaban J connectivity index is 2.37. The Kier molecular flexibility index (Phi) is 5.62. The molecule has 1 rings (SSSR count). The van der Waals surface area contributed by atoms with Crippen molar-refractivity contribution in [1.82, 2.24) is 5.01 Å². The zero-order valence-corrected chi connectivity index (χ0v) is 9.76. The summed E-state index contributed by atoms with van der Waals surface area (Å²) < 4.78 is 0. The highest BCUT2D eigenvalue weighted by molar-refractivity contribution is 6.36. The number of carbonyl (C=O) groups is 2. The highest BCUT2D eigenvalue weighted by Crippen LogP contribution is 2.11. The number of unbranched alkanes of at least 4 members (excludes halogenated alkanes) is 3. The Morgan fingerprint density at radius 2 is 1.94 bits per heavy atom. The monoisotopic (exact) mass is 242 g/mol. The van der Waals surface area contributed by atoms with Gasteiger partial charge in [0.05, 0.1) is 0 Å². The second-order valence-corrected chi connectivity index (χ2v) is 4.01. The lowest BCUT2D eigenvalue weighted by Gasteiger charge is -2.21. The molecule has 0 spiro atoms. The van der Waals surface area contributed by atoms with Crippen LogP contribution in [0.2, 0.25) is 0 Å². The van der Waals surface area contributed by atoms with E-state index in [1.165, 1.54) is 5.01 Å². The number of aliphatic hydroxyl groups excluding tert-OH is 1. The molecule has 1 aliphatic rings. The van der Waals surface area contributed by atoms with Gasteiger partial charge >= 0.3 is 5.97 Å². The normalized spacial score (nSPS) is 15.9. The summed E-state index contributed by atoms with van der Waals surface area (Å²) in [6.45, 7) is 0.644. The third kappa shape index (κ3) is 4.52. The molecule has 0 radical (unpaired) electrons. The van der Waals surface area contributed by atoms with Crippen molar-refractivity contribution in [3.63, 3.8) is 0 Å². The second kappa shape index (κ2) is 7.01. The van der Waals surface area contributed by atoms with Gasteiger partial charge in [0, 0.05) is 26.0 Å². The summed E-state index contributed by atoms with van der Waals surface area (Å²) in [6, 6.07) is 0. The van der Waals surface area contributed by atoms with Crippen LogP contribution < -0.4 is 0 Å². The minimum atomic E-state index is -1.05. The molecule has 0 atom stereocenters. The number of hydrogen-bond acceptors (Lipinski definition) is 4. The highest BCUT2D eigenvalue weighted by Gasteiger charge is 2.23. The highest BCUT2D eigenvalue weighted by atomic mass is 16.4. The average molecular weight is 242 g/mol. The fourth-order valence-corrected chi connectivity index (χ4v) is 1.66. The fourth-order valence-electron chi connectivity index (χ4n) is 1.66. The Bertz CT molecular complexity index is 315. The van der Waals surface area contributed by atoms with Crippen molar-refractivity contribution >= 4 is 17.6 Å². The van der Waals surface area contributed by atoms with Gasteiger partial charge in [-0.1, -0.05) is 12.8 Å². The van der Waals surface area contributed by atoms with E-state index in [1.54, 1.807) is 0 Å². The summed E-state index contributed by atoms with van der Waals surface area (Å²) in [4.78, 5) is 22.2. The van der Waals surface area contributed by atoms with E-state index in [4.69, 9.17) is 10.2 Å². The maximum Gasteiger partial charge on any atom is 0.352 e. The van der Waals surface area contributed by atoms with Crippen molar-refractivity contribution < 1.29 is 19.8 Å². The van der Waals surface area contributed by atoms with Crippen LogP contribution in [0.5, 0.6) is 0 Å². The number of rotatable bonds is 7. The molecule has 1 heterocycles. The van der Waals surface area contributed by atoms with Gasteiger partial charge in [0.1, 0.15) is 5.71 Å². The molecular formula is C11H18N2O4. The summed E-state index contributed by atoms with van der Waals surface area (Å²) in [5, 5.41) is 22.5. The molecule has 0 aliphatic carbocycles. The van der Waals surface area contributed by atoms with Gasteiger partial charge in [0.25, 0.3) is 0 Å².